The third-order valence-electron chi connectivity index (χ3n) is 3.71. The van der Waals surface area contributed by atoms with Crippen LogP contribution < -0.4 is 5.32 Å². The monoisotopic (exact) mass is 181 g/mol. The van der Waals surface area contributed by atoms with Crippen LogP contribution in [0, 0.1) is 23.7 Å². The van der Waals surface area contributed by atoms with Crippen molar-refractivity contribution in [3.05, 3.63) is 0 Å². The molecule has 0 spiro atoms. The number of ether oxygens (including phenoxy) is 1. The van der Waals surface area contributed by atoms with E-state index in [1.807, 2.05) is 0 Å². The summed E-state index contributed by atoms with van der Waals surface area (Å²) < 4.78 is 5.26. The van der Waals surface area contributed by atoms with Gasteiger partial charge < -0.3 is 10.1 Å². The number of fused-ring (bicyclic) bond motifs is 1. The average molecular weight is 181 g/mol. The molecule has 0 aromatic carbocycles. The van der Waals surface area contributed by atoms with Crippen LogP contribution >= 0.6 is 0 Å². The van der Waals surface area contributed by atoms with E-state index in [-0.39, 0.29) is 5.91 Å². The number of amides is 1. The van der Waals surface area contributed by atoms with Crippen molar-refractivity contribution < 1.29 is 9.53 Å². The van der Waals surface area contributed by atoms with Gasteiger partial charge in [0.25, 0.3) is 0 Å². The molecule has 3 heteroatoms. The number of carbonyl (C=O) groups is 1. The molecule has 1 aliphatic heterocycles. The van der Waals surface area contributed by atoms with Crippen LogP contribution in [0.15, 0.2) is 0 Å². The molecule has 0 bridgehead atoms. The van der Waals surface area contributed by atoms with Crippen molar-refractivity contribution in [1.82, 2.24) is 5.32 Å². The summed E-state index contributed by atoms with van der Waals surface area (Å²) in [5.74, 6) is 2.50. The summed E-state index contributed by atoms with van der Waals surface area (Å²) in [6, 6.07) is 0.453. The predicted molar refractivity (Wildman–Crippen MR) is 47.0 cm³/mol. The Kier molecular flexibility index (Phi) is 1.48. The molecule has 4 atom stereocenters. The van der Waals surface area contributed by atoms with Crippen molar-refractivity contribution in [1.29, 1.82) is 0 Å². The third-order valence-corrected chi connectivity index (χ3v) is 3.71. The minimum atomic E-state index is 0.284. The standard InChI is InChI=1S/C10H15NO2/c1-5-2-6(5)10(12)11-9-7-3-13-4-8(7)9/h5-9H,2-4H2,1H3,(H,11,12)/t5-,6-,7-,8-/m0/s1. The Labute approximate surface area is 77.8 Å². The smallest absolute Gasteiger partial charge is 0.223 e. The molecule has 2 saturated carbocycles. The number of carbonyl (C=O) groups excluding carboxylic acids is 1. The first-order valence-electron chi connectivity index (χ1n) is 5.15. The quantitative estimate of drug-likeness (QED) is 0.669. The van der Waals surface area contributed by atoms with Gasteiger partial charge in [-0.05, 0) is 12.3 Å². The Hall–Kier alpha value is -0.570. The molecular weight excluding hydrogens is 166 g/mol. The zero-order chi connectivity index (χ0) is 9.00. The Morgan fingerprint density at radius 3 is 2.54 bits per heavy atom. The summed E-state index contributed by atoms with van der Waals surface area (Å²) in [4.78, 5) is 11.5. The molecule has 0 radical (unpaired) electrons. The van der Waals surface area contributed by atoms with Crippen molar-refractivity contribution in [3.8, 4) is 0 Å². The highest BCUT2D eigenvalue weighted by Crippen LogP contribution is 2.45. The van der Waals surface area contributed by atoms with Crippen molar-refractivity contribution in [3.63, 3.8) is 0 Å². The fourth-order valence-electron chi connectivity index (χ4n) is 2.41. The van der Waals surface area contributed by atoms with Crippen LogP contribution in [0.4, 0.5) is 0 Å². The third kappa shape index (κ3) is 1.17. The fourth-order valence-corrected chi connectivity index (χ4v) is 2.41. The fraction of sp³-hybridized carbons (Fsp3) is 0.900. The van der Waals surface area contributed by atoms with Gasteiger partial charge in [0, 0.05) is 23.8 Å². The van der Waals surface area contributed by atoms with Gasteiger partial charge in [0.2, 0.25) is 5.91 Å². The maximum Gasteiger partial charge on any atom is 0.223 e. The second-order valence-electron chi connectivity index (χ2n) is 4.72. The zero-order valence-electron chi connectivity index (χ0n) is 7.82. The van der Waals surface area contributed by atoms with Gasteiger partial charge in [-0.2, -0.15) is 0 Å². The van der Waals surface area contributed by atoms with E-state index in [1.54, 1.807) is 0 Å². The highest BCUT2D eigenvalue weighted by atomic mass is 16.5. The Balaban J connectivity index is 1.51. The highest BCUT2D eigenvalue weighted by Gasteiger charge is 2.55. The van der Waals surface area contributed by atoms with E-state index in [4.69, 9.17) is 4.74 Å². The molecule has 1 heterocycles. The molecule has 1 N–H and O–H groups in total. The Morgan fingerprint density at radius 2 is 2.00 bits per heavy atom. The maximum absolute atomic E-state index is 11.5. The second-order valence-corrected chi connectivity index (χ2v) is 4.72. The lowest BCUT2D eigenvalue weighted by Gasteiger charge is -2.06. The molecule has 3 aliphatic rings. The molecule has 13 heavy (non-hydrogen) atoms. The van der Waals surface area contributed by atoms with Gasteiger partial charge in [0.1, 0.15) is 0 Å². The number of rotatable bonds is 2. The minimum absolute atomic E-state index is 0.284. The molecule has 1 amide bonds. The lowest BCUT2D eigenvalue weighted by Crippen LogP contribution is -2.31. The Morgan fingerprint density at radius 1 is 1.38 bits per heavy atom. The molecule has 0 aromatic rings. The first-order valence-corrected chi connectivity index (χ1v) is 5.15. The molecule has 0 unspecified atom stereocenters. The summed E-state index contributed by atoms with van der Waals surface area (Å²) in [6.07, 6.45) is 1.09. The van der Waals surface area contributed by atoms with E-state index >= 15 is 0 Å². The maximum atomic E-state index is 11.5. The van der Waals surface area contributed by atoms with Gasteiger partial charge >= 0.3 is 0 Å². The van der Waals surface area contributed by atoms with E-state index in [9.17, 15) is 4.79 Å². The van der Waals surface area contributed by atoms with Crippen molar-refractivity contribution in [2.45, 2.75) is 19.4 Å². The van der Waals surface area contributed by atoms with Crippen LogP contribution in [-0.4, -0.2) is 25.2 Å². The summed E-state index contributed by atoms with van der Waals surface area (Å²) >= 11 is 0. The molecule has 2 aliphatic carbocycles. The van der Waals surface area contributed by atoms with Crippen molar-refractivity contribution in [2.75, 3.05) is 13.2 Å². The summed E-state index contributed by atoms with van der Waals surface area (Å²) in [5, 5.41) is 3.13. The van der Waals surface area contributed by atoms with Crippen LogP contribution in [0.3, 0.4) is 0 Å². The second kappa shape index (κ2) is 2.47. The summed E-state index contributed by atoms with van der Waals surface area (Å²) in [6.45, 7) is 3.85. The topological polar surface area (TPSA) is 38.3 Å². The Bertz CT molecular complexity index is 243. The van der Waals surface area contributed by atoms with Gasteiger partial charge in [-0.15, -0.1) is 0 Å². The van der Waals surface area contributed by atoms with Gasteiger partial charge in [-0.25, -0.2) is 0 Å². The molecule has 1 saturated heterocycles. The molecule has 3 fully saturated rings. The van der Waals surface area contributed by atoms with Crippen LogP contribution in [0.5, 0.6) is 0 Å². The largest absolute Gasteiger partial charge is 0.381 e. The summed E-state index contributed by atoms with van der Waals surface area (Å²) in [7, 11) is 0. The summed E-state index contributed by atoms with van der Waals surface area (Å²) in [5.41, 5.74) is 0. The first kappa shape index (κ1) is 7.80. The molecule has 3 rings (SSSR count). The van der Waals surface area contributed by atoms with Crippen LogP contribution in [0.1, 0.15) is 13.3 Å². The lowest BCUT2D eigenvalue weighted by atomic mass is 10.3. The molecule has 72 valence electrons. The van der Waals surface area contributed by atoms with Gasteiger partial charge in [-0.3, -0.25) is 4.79 Å². The molecule has 0 aromatic heterocycles. The zero-order valence-corrected chi connectivity index (χ0v) is 7.82. The lowest BCUT2D eigenvalue weighted by molar-refractivity contribution is -0.123. The van der Waals surface area contributed by atoms with Crippen LogP contribution in [0.25, 0.3) is 0 Å². The highest BCUT2D eigenvalue weighted by molar-refractivity contribution is 5.82. The number of hydrogen-bond acceptors (Lipinski definition) is 2. The van der Waals surface area contributed by atoms with Crippen molar-refractivity contribution in [2.24, 2.45) is 23.7 Å². The van der Waals surface area contributed by atoms with Crippen molar-refractivity contribution >= 4 is 5.91 Å². The average Bonchev–Trinajstić information content (AvgIpc) is 2.92. The van der Waals surface area contributed by atoms with Gasteiger partial charge in [0.05, 0.1) is 13.2 Å². The van der Waals surface area contributed by atoms with Crippen LogP contribution in [-0.2, 0) is 9.53 Å². The normalized spacial score (nSPS) is 51.3. The SMILES string of the molecule is C[C@H]1C[C@@H]1C(=O)NC1[C@H]2COC[C@H]12. The van der Waals surface area contributed by atoms with E-state index in [0.717, 1.165) is 19.6 Å². The number of hydrogen-bond donors (Lipinski definition) is 1. The molecule has 3 nitrogen and oxygen atoms in total. The minimum Gasteiger partial charge on any atom is -0.381 e. The molecular formula is C10H15NO2. The first-order chi connectivity index (χ1) is 6.27. The number of nitrogens with one attached hydrogen (secondary N) is 1. The van der Waals surface area contributed by atoms with E-state index in [0.29, 0.717) is 29.7 Å². The van der Waals surface area contributed by atoms with E-state index < -0.39 is 0 Å². The van der Waals surface area contributed by atoms with Gasteiger partial charge in [0.15, 0.2) is 0 Å². The van der Waals surface area contributed by atoms with Gasteiger partial charge in [-0.1, -0.05) is 6.92 Å². The van der Waals surface area contributed by atoms with E-state index in [1.165, 1.54) is 0 Å². The van der Waals surface area contributed by atoms with E-state index in [2.05, 4.69) is 12.2 Å². The van der Waals surface area contributed by atoms with Crippen LogP contribution in [0.2, 0.25) is 0 Å². The predicted octanol–water partition coefficient (Wildman–Crippen LogP) is 0.403.